The number of nitrogens with two attached hydrogens (primary N) is 1. The minimum Gasteiger partial charge on any atom is -0.381 e. The molecule has 0 aromatic heterocycles. The molecule has 0 spiro atoms. The largest absolute Gasteiger partial charge is 0.381 e. The van der Waals surface area contributed by atoms with Crippen molar-refractivity contribution in [2.75, 3.05) is 39.2 Å². The molecule has 0 unspecified atom stereocenters. The van der Waals surface area contributed by atoms with Gasteiger partial charge in [0, 0.05) is 24.4 Å². The fourth-order valence-electron chi connectivity index (χ4n) is 2.44. The zero-order valence-corrected chi connectivity index (χ0v) is 12.3. The summed E-state index contributed by atoms with van der Waals surface area (Å²) in [4.78, 5) is 6.77. The van der Waals surface area contributed by atoms with Crippen molar-refractivity contribution in [3.63, 3.8) is 0 Å². The van der Waals surface area contributed by atoms with Gasteiger partial charge in [0.1, 0.15) is 0 Å². The molecule has 1 aliphatic heterocycles. The van der Waals surface area contributed by atoms with E-state index in [9.17, 15) is 0 Å². The lowest BCUT2D eigenvalue weighted by atomic mass is 9.89. The highest BCUT2D eigenvalue weighted by Gasteiger charge is 2.34. The molecule has 1 aliphatic rings. The van der Waals surface area contributed by atoms with E-state index in [2.05, 4.69) is 29.3 Å². The van der Waals surface area contributed by atoms with Gasteiger partial charge < -0.3 is 20.7 Å². The predicted molar refractivity (Wildman–Crippen MR) is 83.0 cm³/mol. The number of hydrogen-bond acceptors (Lipinski definition) is 3. The molecule has 0 radical (unpaired) electrons. The Morgan fingerprint density at radius 2 is 1.95 bits per heavy atom. The lowest BCUT2D eigenvalue weighted by molar-refractivity contribution is -0.00249. The fraction of sp³-hybridized carbons (Fsp3) is 0.533. The molecule has 1 heterocycles. The number of para-hydroxylation sites is 1. The average molecular weight is 276 g/mol. The number of likely N-dealkylation sites (N-methyl/N-ethyl adjacent to an activating group) is 1. The third kappa shape index (κ3) is 3.71. The predicted octanol–water partition coefficient (Wildman–Crippen LogP) is 1.52. The number of hydrogen-bond donors (Lipinski definition) is 2. The number of benzene rings is 1. The van der Waals surface area contributed by atoms with Crippen LogP contribution in [0, 0.1) is 0 Å². The number of rotatable bonds is 4. The number of nitrogens with one attached hydrogen (secondary N) is 1. The third-order valence-corrected chi connectivity index (χ3v) is 3.96. The molecule has 2 rings (SSSR count). The first-order valence-corrected chi connectivity index (χ1v) is 7.00. The first-order chi connectivity index (χ1) is 9.62. The first kappa shape index (κ1) is 14.8. The van der Waals surface area contributed by atoms with E-state index in [-0.39, 0.29) is 5.54 Å². The highest BCUT2D eigenvalue weighted by Crippen LogP contribution is 2.26. The van der Waals surface area contributed by atoms with Crippen molar-refractivity contribution >= 4 is 11.6 Å². The van der Waals surface area contributed by atoms with Crippen LogP contribution in [-0.4, -0.2) is 50.3 Å². The van der Waals surface area contributed by atoms with Crippen LogP contribution in [0.4, 0.5) is 5.69 Å². The van der Waals surface area contributed by atoms with Crippen LogP contribution in [0.1, 0.15) is 12.8 Å². The molecule has 0 atom stereocenters. The zero-order valence-electron chi connectivity index (χ0n) is 12.3. The maximum Gasteiger partial charge on any atom is 0.193 e. The van der Waals surface area contributed by atoms with Crippen LogP contribution in [0.3, 0.4) is 0 Å². The van der Waals surface area contributed by atoms with Crippen LogP contribution in [0.25, 0.3) is 0 Å². The van der Waals surface area contributed by atoms with Gasteiger partial charge in [-0.3, -0.25) is 4.99 Å². The molecule has 1 saturated heterocycles. The normalized spacial score (nSPS) is 19.1. The third-order valence-electron chi connectivity index (χ3n) is 3.96. The highest BCUT2D eigenvalue weighted by atomic mass is 16.5. The standard InChI is InChI=1S/C15H24N4O/c1-19(2)15(8-10-20-11-9-15)12-17-14(16)18-13-6-4-3-5-7-13/h3-7H,8-12H2,1-2H3,(H3,16,17,18). The monoisotopic (exact) mass is 276 g/mol. The van der Waals surface area contributed by atoms with Crippen LogP contribution < -0.4 is 11.1 Å². The van der Waals surface area contributed by atoms with Crippen molar-refractivity contribution in [2.45, 2.75) is 18.4 Å². The van der Waals surface area contributed by atoms with Gasteiger partial charge in [0.15, 0.2) is 5.96 Å². The van der Waals surface area contributed by atoms with E-state index in [1.807, 2.05) is 30.3 Å². The van der Waals surface area contributed by atoms with E-state index < -0.39 is 0 Å². The fourth-order valence-corrected chi connectivity index (χ4v) is 2.44. The number of anilines is 1. The second-order valence-electron chi connectivity index (χ2n) is 5.42. The van der Waals surface area contributed by atoms with Crippen molar-refractivity contribution in [3.05, 3.63) is 30.3 Å². The van der Waals surface area contributed by atoms with E-state index in [1.54, 1.807) is 0 Å². The molecule has 0 aliphatic carbocycles. The number of ether oxygens (including phenoxy) is 1. The Hall–Kier alpha value is -1.59. The number of guanidine groups is 1. The minimum atomic E-state index is 0.0568. The quantitative estimate of drug-likeness (QED) is 0.646. The van der Waals surface area contributed by atoms with E-state index >= 15 is 0 Å². The molecule has 1 aromatic rings. The van der Waals surface area contributed by atoms with Gasteiger partial charge >= 0.3 is 0 Å². The van der Waals surface area contributed by atoms with Gasteiger partial charge in [-0.05, 0) is 39.1 Å². The first-order valence-electron chi connectivity index (χ1n) is 7.00. The van der Waals surface area contributed by atoms with Crippen molar-refractivity contribution in [2.24, 2.45) is 10.7 Å². The molecular weight excluding hydrogens is 252 g/mol. The summed E-state index contributed by atoms with van der Waals surface area (Å²) in [5.74, 6) is 0.462. The molecule has 1 fully saturated rings. The summed E-state index contributed by atoms with van der Waals surface area (Å²) in [6, 6.07) is 9.85. The summed E-state index contributed by atoms with van der Waals surface area (Å²) < 4.78 is 5.46. The number of aliphatic imine (C=N–C) groups is 1. The topological polar surface area (TPSA) is 62.9 Å². The van der Waals surface area contributed by atoms with Gasteiger partial charge in [-0.2, -0.15) is 0 Å². The smallest absolute Gasteiger partial charge is 0.193 e. The Kier molecular flexibility index (Phi) is 4.98. The second-order valence-corrected chi connectivity index (χ2v) is 5.42. The lowest BCUT2D eigenvalue weighted by Gasteiger charge is -2.41. The average Bonchev–Trinajstić information content (AvgIpc) is 2.47. The van der Waals surface area contributed by atoms with Gasteiger partial charge in [-0.1, -0.05) is 18.2 Å². The maximum absolute atomic E-state index is 5.97. The molecule has 0 amide bonds. The van der Waals surface area contributed by atoms with E-state index in [0.29, 0.717) is 12.5 Å². The van der Waals surface area contributed by atoms with Crippen molar-refractivity contribution in [1.29, 1.82) is 0 Å². The summed E-state index contributed by atoms with van der Waals surface area (Å²) in [5, 5.41) is 3.12. The summed E-state index contributed by atoms with van der Waals surface area (Å²) in [6.07, 6.45) is 1.98. The molecule has 3 N–H and O–H groups in total. The molecule has 5 nitrogen and oxygen atoms in total. The molecule has 20 heavy (non-hydrogen) atoms. The molecular formula is C15H24N4O. The van der Waals surface area contributed by atoms with Gasteiger partial charge in [-0.15, -0.1) is 0 Å². The van der Waals surface area contributed by atoms with E-state index in [1.165, 1.54) is 0 Å². The van der Waals surface area contributed by atoms with Crippen molar-refractivity contribution < 1.29 is 4.74 Å². The summed E-state index contributed by atoms with van der Waals surface area (Å²) >= 11 is 0. The van der Waals surface area contributed by atoms with Crippen LogP contribution in [-0.2, 0) is 4.74 Å². The van der Waals surface area contributed by atoms with Crippen LogP contribution in [0.15, 0.2) is 35.3 Å². The molecule has 1 aromatic carbocycles. The molecule has 0 bridgehead atoms. The minimum absolute atomic E-state index is 0.0568. The summed E-state index contributed by atoms with van der Waals surface area (Å²) in [5.41, 5.74) is 6.99. The van der Waals surface area contributed by atoms with Gasteiger partial charge in [0.05, 0.1) is 6.54 Å². The maximum atomic E-state index is 5.97. The van der Waals surface area contributed by atoms with Crippen LogP contribution in [0.5, 0.6) is 0 Å². The Labute approximate surface area is 120 Å². The Balaban J connectivity index is 1.98. The van der Waals surface area contributed by atoms with Crippen LogP contribution >= 0.6 is 0 Å². The van der Waals surface area contributed by atoms with Gasteiger partial charge in [0.25, 0.3) is 0 Å². The SMILES string of the molecule is CN(C)C1(CN=C(N)Nc2ccccc2)CCOCC1. The molecule has 5 heteroatoms. The number of nitrogens with zero attached hydrogens (tertiary/aromatic N) is 2. The zero-order chi connectivity index (χ0) is 14.4. The van der Waals surface area contributed by atoms with Gasteiger partial charge in [0.2, 0.25) is 0 Å². The Morgan fingerprint density at radius 3 is 2.55 bits per heavy atom. The highest BCUT2D eigenvalue weighted by molar-refractivity contribution is 5.92. The lowest BCUT2D eigenvalue weighted by Crippen LogP contribution is -2.51. The molecule has 110 valence electrons. The summed E-state index contributed by atoms with van der Waals surface area (Å²) in [6.45, 7) is 2.27. The Morgan fingerprint density at radius 1 is 1.30 bits per heavy atom. The van der Waals surface area contributed by atoms with E-state index in [0.717, 1.165) is 31.7 Å². The van der Waals surface area contributed by atoms with Crippen LogP contribution in [0.2, 0.25) is 0 Å². The Bertz CT molecular complexity index is 438. The van der Waals surface area contributed by atoms with E-state index in [4.69, 9.17) is 10.5 Å². The van der Waals surface area contributed by atoms with Gasteiger partial charge in [-0.25, -0.2) is 0 Å². The van der Waals surface area contributed by atoms with Crippen molar-refractivity contribution in [1.82, 2.24) is 4.90 Å². The summed E-state index contributed by atoms with van der Waals surface area (Å²) in [7, 11) is 4.20. The molecule has 0 saturated carbocycles. The van der Waals surface area contributed by atoms with Crippen molar-refractivity contribution in [3.8, 4) is 0 Å². The second kappa shape index (κ2) is 6.72.